The molecule has 2 heterocycles. The Morgan fingerprint density at radius 3 is 2.69 bits per heavy atom. The van der Waals surface area contributed by atoms with Crippen molar-refractivity contribution in [3.05, 3.63) is 21.3 Å². The summed E-state index contributed by atoms with van der Waals surface area (Å²) in [5.41, 5.74) is -0.0907. The fourth-order valence-corrected chi connectivity index (χ4v) is 3.72. The van der Waals surface area contributed by atoms with Crippen molar-refractivity contribution in [3.8, 4) is 0 Å². The van der Waals surface area contributed by atoms with Gasteiger partial charge in [-0.05, 0) is 12.1 Å². The van der Waals surface area contributed by atoms with Gasteiger partial charge < -0.3 is 9.94 Å². The van der Waals surface area contributed by atoms with Crippen molar-refractivity contribution in [2.24, 2.45) is 5.16 Å². The zero-order valence-corrected chi connectivity index (χ0v) is 10.4. The number of hydrogen-bond donors (Lipinski definition) is 1. The number of carboxylic acids is 1. The van der Waals surface area contributed by atoms with E-state index in [9.17, 15) is 4.79 Å². The molecule has 84 valence electrons. The van der Waals surface area contributed by atoms with E-state index in [4.69, 9.17) is 16.7 Å². The summed E-state index contributed by atoms with van der Waals surface area (Å²) in [6, 6.07) is 3.56. The molecule has 2 rings (SSSR count). The molecule has 0 saturated heterocycles. The van der Waals surface area contributed by atoms with Gasteiger partial charge in [0.15, 0.2) is 0 Å². The van der Waals surface area contributed by atoms with E-state index in [0.717, 1.165) is 9.40 Å². The fraction of sp³-hybridized carbons (Fsp3) is 0.111. The minimum atomic E-state index is -1.11. The predicted octanol–water partition coefficient (Wildman–Crippen LogP) is 3.05. The maximum absolute atomic E-state index is 10.9. The van der Waals surface area contributed by atoms with Crippen molar-refractivity contribution in [1.29, 1.82) is 0 Å². The monoisotopic (exact) mass is 275 g/mol. The Balaban J connectivity index is 2.49. The first-order valence-corrected chi connectivity index (χ1v) is 6.16. The minimum Gasteiger partial charge on any atom is -0.476 e. The van der Waals surface area contributed by atoms with E-state index >= 15 is 0 Å². The molecule has 0 atom stereocenters. The molecule has 0 aromatic carbocycles. The Labute approximate surface area is 104 Å². The number of nitrogens with zero attached hydrogens (tertiary/aromatic N) is 1. The van der Waals surface area contributed by atoms with Crippen LogP contribution in [-0.4, -0.2) is 23.9 Å². The van der Waals surface area contributed by atoms with Crippen LogP contribution in [0.1, 0.15) is 4.88 Å². The van der Waals surface area contributed by atoms with Crippen LogP contribution in [0.25, 0.3) is 9.40 Å². The molecular formula is C9H6ClNO3S2. The predicted molar refractivity (Wildman–Crippen MR) is 65.9 cm³/mol. The average Bonchev–Trinajstić information content (AvgIpc) is 2.70. The summed E-state index contributed by atoms with van der Waals surface area (Å²) in [5.74, 6) is -1.11. The number of carbonyl (C=O) groups is 1. The quantitative estimate of drug-likeness (QED) is 0.692. The van der Waals surface area contributed by atoms with E-state index in [1.54, 1.807) is 6.07 Å². The Morgan fingerprint density at radius 1 is 1.44 bits per heavy atom. The summed E-state index contributed by atoms with van der Waals surface area (Å²) < 4.78 is 2.60. The number of aliphatic carboxylic acids is 1. The maximum atomic E-state index is 10.9. The summed E-state index contributed by atoms with van der Waals surface area (Å²) >= 11 is 8.57. The molecule has 7 heteroatoms. The third-order valence-electron chi connectivity index (χ3n) is 1.80. The van der Waals surface area contributed by atoms with Crippen LogP contribution in [0.15, 0.2) is 17.3 Å². The van der Waals surface area contributed by atoms with Crippen molar-refractivity contribution in [1.82, 2.24) is 0 Å². The highest BCUT2D eigenvalue weighted by Crippen LogP contribution is 2.35. The molecule has 0 fully saturated rings. The molecule has 0 unspecified atom stereocenters. The average molecular weight is 276 g/mol. The normalized spacial score (nSPS) is 12.0. The highest BCUT2D eigenvalue weighted by atomic mass is 35.5. The molecule has 0 saturated carbocycles. The van der Waals surface area contributed by atoms with E-state index in [0.29, 0.717) is 9.21 Å². The van der Waals surface area contributed by atoms with Crippen molar-refractivity contribution < 1.29 is 14.7 Å². The largest absolute Gasteiger partial charge is 0.476 e. The number of carboxylic acid groups (broad SMARTS) is 1. The van der Waals surface area contributed by atoms with Gasteiger partial charge in [0.1, 0.15) is 7.11 Å². The summed E-state index contributed by atoms with van der Waals surface area (Å²) in [5, 5.41) is 12.4. The molecule has 0 bridgehead atoms. The van der Waals surface area contributed by atoms with E-state index in [1.807, 2.05) is 6.07 Å². The molecular weight excluding hydrogens is 270 g/mol. The first-order valence-electron chi connectivity index (χ1n) is 4.15. The van der Waals surface area contributed by atoms with Crippen molar-refractivity contribution in [2.75, 3.05) is 7.11 Å². The highest BCUT2D eigenvalue weighted by Gasteiger charge is 2.17. The van der Waals surface area contributed by atoms with Gasteiger partial charge in [-0.1, -0.05) is 16.8 Å². The lowest BCUT2D eigenvalue weighted by Crippen LogP contribution is -2.13. The molecule has 0 amide bonds. The van der Waals surface area contributed by atoms with Gasteiger partial charge in [0.05, 0.1) is 9.21 Å². The van der Waals surface area contributed by atoms with Gasteiger partial charge in [-0.2, -0.15) is 0 Å². The molecule has 16 heavy (non-hydrogen) atoms. The van der Waals surface area contributed by atoms with Crippen molar-refractivity contribution >= 4 is 55.4 Å². The number of hydrogen-bond acceptors (Lipinski definition) is 5. The van der Waals surface area contributed by atoms with Gasteiger partial charge in [0.2, 0.25) is 5.71 Å². The second-order valence-electron chi connectivity index (χ2n) is 2.82. The molecule has 2 aromatic rings. The van der Waals surface area contributed by atoms with Crippen LogP contribution in [0.3, 0.4) is 0 Å². The van der Waals surface area contributed by atoms with Gasteiger partial charge in [0.25, 0.3) is 0 Å². The molecule has 0 aliphatic carbocycles. The van der Waals surface area contributed by atoms with Gasteiger partial charge in [0, 0.05) is 9.40 Å². The highest BCUT2D eigenvalue weighted by molar-refractivity contribution is 7.30. The molecule has 1 N–H and O–H groups in total. The second kappa shape index (κ2) is 4.40. The Morgan fingerprint density at radius 2 is 2.12 bits per heavy atom. The topological polar surface area (TPSA) is 58.9 Å². The van der Waals surface area contributed by atoms with Crippen LogP contribution >= 0.6 is 34.3 Å². The molecule has 4 nitrogen and oxygen atoms in total. The summed E-state index contributed by atoms with van der Waals surface area (Å²) in [6.45, 7) is 0. The standard InChI is InChI=1S/C9H6ClNO3S2/c1-14-11-8(9(12)13)6-2-4-5(15-6)3-7(10)16-4/h2-3H,1H3,(H,12,13). The van der Waals surface area contributed by atoms with Gasteiger partial charge in [-0.3, -0.25) is 0 Å². The van der Waals surface area contributed by atoms with Crippen LogP contribution in [-0.2, 0) is 9.63 Å². The van der Waals surface area contributed by atoms with Gasteiger partial charge in [-0.25, -0.2) is 4.79 Å². The summed E-state index contributed by atoms with van der Waals surface area (Å²) in [4.78, 5) is 16.0. The van der Waals surface area contributed by atoms with Crippen LogP contribution in [0.4, 0.5) is 0 Å². The molecule has 0 aliphatic rings. The molecule has 2 aromatic heterocycles. The van der Waals surface area contributed by atoms with E-state index in [2.05, 4.69) is 9.99 Å². The van der Waals surface area contributed by atoms with Gasteiger partial charge >= 0.3 is 5.97 Å². The number of halogens is 1. The summed E-state index contributed by atoms with van der Waals surface area (Å²) in [6.07, 6.45) is 0. The lowest BCUT2D eigenvalue weighted by Gasteiger charge is -1.95. The Kier molecular flexibility index (Phi) is 3.13. The van der Waals surface area contributed by atoms with Crippen LogP contribution in [0, 0.1) is 0 Å². The lowest BCUT2D eigenvalue weighted by atomic mass is 10.3. The SMILES string of the molecule is CON=C(C(=O)O)c1cc2sc(Cl)cc2s1. The van der Waals surface area contributed by atoms with E-state index in [1.165, 1.54) is 29.8 Å². The second-order valence-corrected chi connectivity index (χ2v) is 5.62. The van der Waals surface area contributed by atoms with Crippen molar-refractivity contribution in [2.45, 2.75) is 0 Å². The van der Waals surface area contributed by atoms with Crippen LogP contribution in [0.2, 0.25) is 4.34 Å². The number of rotatable bonds is 3. The minimum absolute atomic E-state index is 0.0907. The maximum Gasteiger partial charge on any atom is 0.359 e. The van der Waals surface area contributed by atoms with E-state index in [-0.39, 0.29) is 5.71 Å². The Bertz CT molecular complexity index is 541. The third kappa shape index (κ3) is 2.04. The number of fused-ring (bicyclic) bond motifs is 1. The summed E-state index contributed by atoms with van der Waals surface area (Å²) in [7, 11) is 1.32. The third-order valence-corrected chi connectivity index (χ3v) is 4.22. The van der Waals surface area contributed by atoms with E-state index < -0.39 is 5.97 Å². The molecule has 0 spiro atoms. The first-order chi connectivity index (χ1) is 7.61. The molecule has 0 aliphatic heterocycles. The lowest BCUT2D eigenvalue weighted by molar-refractivity contribution is -0.129. The fourth-order valence-electron chi connectivity index (χ4n) is 1.20. The number of oxime groups is 1. The van der Waals surface area contributed by atoms with Crippen molar-refractivity contribution in [3.63, 3.8) is 0 Å². The molecule has 0 radical (unpaired) electrons. The smallest absolute Gasteiger partial charge is 0.359 e. The van der Waals surface area contributed by atoms with Crippen LogP contribution < -0.4 is 0 Å². The first kappa shape index (κ1) is 11.4. The van der Waals surface area contributed by atoms with Crippen LogP contribution in [0.5, 0.6) is 0 Å². The zero-order chi connectivity index (χ0) is 11.7. The number of thiophene rings is 2. The van der Waals surface area contributed by atoms with Gasteiger partial charge in [-0.15, -0.1) is 22.7 Å². The Hall–Kier alpha value is -1.11. The zero-order valence-electron chi connectivity index (χ0n) is 8.06.